The van der Waals surface area contributed by atoms with Crippen LogP contribution in [0.2, 0.25) is 0 Å². The van der Waals surface area contributed by atoms with E-state index in [-0.39, 0.29) is 11.4 Å². The largest absolute Gasteiger partial charge is 0.480 e. The lowest BCUT2D eigenvalue weighted by atomic mass is 10.1. The van der Waals surface area contributed by atoms with Crippen molar-refractivity contribution in [1.29, 1.82) is 0 Å². The molecule has 1 aromatic carbocycles. The number of aliphatic carboxylic acids is 1. The number of carboxylic acid groups (broad SMARTS) is 1. The second-order valence-electron chi connectivity index (χ2n) is 4.87. The number of halogens is 1. The molecule has 2 unspecified atom stereocenters. The predicted molar refractivity (Wildman–Crippen MR) is 72.0 cm³/mol. The number of likely N-dealkylation sites (tertiary alicyclic amines) is 1. The first kappa shape index (κ1) is 13.4. The lowest BCUT2D eigenvalue weighted by Gasteiger charge is -2.23. The number of carbonyl (C=O) groups is 1. The van der Waals surface area contributed by atoms with E-state index in [1.54, 1.807) is 0 Å². The van der Waals surface area contributed by atoms with Gasteiger partial charge in [0.05, 0.1) is 5.38 Å². The van der Waals surface area contributed by atoms with Crippen LogP contribution >= 0.6 is 11.6 Å². The lowest BCUT2D eigenvalue weighted by Crippen LogP contribution is -2.37. The summed E-state index contributed by atoms with van der Waals surface area (Å²) in [4.78, 5) is 13.1. The molecule has 1 aliphatic rings. The number of hydrogen-bond acceptors (Lipinski definition) is 2. The van der Waals surface area contributed by atoms with Crippen molar-refractivity contribution in [1.82, 2.24) is 4.90 Å². The summed E-state index contributed by atoms with van der Waals surface area (Å²) in [5, 5.41) is 8.97. The van der Waals surface area contributed by atoms with Gasteiger partial charge in [0, 0.05) is 6.54 Å². The van der Waals surface area contributed by atoms with E-state index in [9.17, 15) is 4.79 Å². The Kier molecular flexibility index (Phi) is 4.25. The number of nitrogens with zero attached hydrogens (tertiary/aromatic N) is 1. The molecule has 2 rings (SSSR count). The van der Waals surface area contributed by atoms with Gasteiger partial charge in [-0.1, -0.05) is 29.8 Å². The molecule has 3 nitrogen and oxygen atoms in total. The highest BCUT2D eigenvalue weighted by atomic mass is 35.5. The molecule has 0 amide bonds. The van der Waals surface area contributed by atoms with E-state index in [0.717, 1.165) is 24.9 Å². The fraction of sp³-hybridized carbons (Fsp3) is 0.500. The van der Waals surface area contributed by atoms with Crippen LogP contribution in [0, 0.1) is 6.92 Å². The minimum absolute atomic E-state index is 0.148. The molecule has 4 heteroatoms. The van der Waals surface area contributed by atoms with Crippen LogP contribution in [0.5, 0.6) is 0 Å². The van der Waals surface area contributed by atoms with E-state index in [1.165, 1.54) is 5.56 Å². The first-order chi connectivity index (χ1) is 8.58. The normalized spacial score (nSPS) is 22.0. The number of hydrogen-bond donors (Lipinski definition) is 1. The van der Waals surface area contributed by atoms with Gasteiger partial charge < -0.3 is 5.11 Å². The van der Waals surface area contributed by atoms with Gasteiger partial charge in [-0.25, -0.2) is 0 Å². The molecule has 0 saturated carbocycles. The number of rotatable bonds is 4. The van der Waals surface area contributed by atoms with E-state index < -0.39 is 5.97 Å². The first-order valence-corrected chi connectivity index (χ1v) is 6.69. The van der Waals surface area contributed by atoms with Crippen LogP contribution in [-0.2, 0) is 4.79 Å². The molecule has 0 radical (unpaired) electrons. The summed E-state index contributed by atoms with van der Waals surface area (Å²) in [7, 11) is 0. The summed E-state index contributed by atoms with van der Waals surface area (Å²) in [5.41, 5.74) is 2.26. The minimum Gasteiger partial charge on any atom is -0.480 e. The Morgan fingerprint density at radius 2 is 2.17 bits per heavy atom. The zero-order chi connectivity index (χ0) is 13.1. The van der Waals surface area contributed by atoms with Crippen LogP contribution in [0.4, 0.5) is 0 Å². The van der Waals surface area contributed by atoms with Crippen molar-refractivity contribution < 1.29 is 9.90 Å². The molecule has 2 atom stereocenters. The average molecular weight is 268 g/mol. The van der Waals surface area contributed by atoms with Crippen LogP contribution in [0.1, 0.15) is 29.3 Å². The summed E-state index contributed by atoms with van der Waals surface area (Å²) < 4.78 is 0. The Morgan fingerprint density at radius 3 is 2.78 bits per heavy atom. The van der Waals surface area contributed by atoms with Gasteiger partial charge in [0.15, 0.2) is 0 Å². The average Bonchev–Trinajstić information content (AvgIpc) is 2.78. The van der Waals surface area contributed by atoms with Gasteiger partial charge in [0.25, 0.3) is 0 Å². The summed E-state index contributed by atoms with van der Waals surface area (Å²) in [5.74, 6) is -0.736. The van der Waals surface area contributed by atoms with Gasteiger partial charge in [-0.15, -0.1) is 11.6 Å². The highest BCUT2D eigenvalue weighted by Crippen LogP contribution is 2.26. The van der Waals surface area contributed by atoms with Crippen molar-refractivity contribution >= 4 is 17.6 Å². The second kappa shape index (κ2) is 5.72. The van der Waals surface area contributed by atoms with Gasteiger partial charge >= 0.3 is 5.97 Å². The lowest BCUT2D eigenvalue weighted by molar-refractivity contribution is -0.142. The Bertz CT molecular complexity index is 418. The third-order valence-corrected chi connectivity index (χ3v) is 3.87. The molecule has 98 valence electrons. The molecule has 1 saturated heterocycles. The first-order valence-electron chi connectivity index (χ1n) is 6.25. The summed E-state index contributed by atoms with van der Waals surface area (Å²) >= 11 is 6.37. The second-order valence-corrected chi connectivity index (χ2v) is 5.40. The van der Waals surface area contributed by atoms with Crippen LogP contribution in [0.3, 0.4) is 0 Å². The minimum atomic E-state index is -0.736. The maximum absolute atomic E-state index is 11.1. The van der Waals surface area contributed by atoms with E-state index in [0.29, 0.717) is 6.54 Å². The molecule has 0 spiro atoms. The molecular formula is C14H18ClNO2. The smallest absolute Gasteiger partial charge is 0.320 e. The summed E-state index contributed by atoms with van der Waals surface area (Å²) in [6, 6.07) is 7.72. The quantitative estimate of drug-likeness (QED) is 0.853. The highest BCUT2D eigenvalue weighted by Gasteiger charge is 2.31. The molecular weight excluding hydrogens is 250 g/mol. The van der Waals surface area contributed by atoms with Crippen molar-refractivity contribution in [2.45, 2.75) is 31.2 Å². The summed E-state index contributed by atoms with van der Waals surface area (Å²) in [6.07, 6.45) is 1.67. The van der Waals surface area contributed by atoms with Crippen LogP contribution < -0.4 is 0 Å². The van der Waals surface area contributed by atoms with E-state index in [1.807, 2.05) is 36.1 Å². The fourth-order valence-corrected chi connectivity index (χ4v) is 2.73. The van der Waals surface area contributed by atoms with Crippen LogP contribution in [0.25, 0.3) is 0 Å². The number of aryl methyl sites for hydroxylation is 1. The molecule has 0 bridgehead atoms. The molecule has 0 aliphatic carbocycles. The molecule has 1 aliphatic heterocycles. The van der Waals surface area contributed by atoms with E-state index in [4.69, 9.17) is 16.7 Å². The summed E-state index contributed by atoms with van der Waals surface area (Å²) in [6.45, 7) is 3.46. The SMILES string of the molecule is Cc1ccc(C(Cl)CN2CCCC2C(=O)O)cc1. The van der Waals surface area contributed by atoms with E-state index >= 15 is 0 Å². The Hall–Kier alpha value is -1.06. The molecule has 18 heavy (non-hydrogen) atoms. The third-order valence-electron chi connectivity index (χ3n) is 3.48. The Morgan fingerprint density at radius 1 is 1.50 bits per heavy atom. The van der Waals surface area contributed by atoms with Gasteiger partial charge in [0.2, 0.25) is 0 Å². The van der Waals surface area contributed by atoms with Gasteiger partial charge in [-0.05, 0) is 31.9 Å². The topological polar surface area (TPSA) is 40.5 Å². The molecule has 1 heterocycles. The number of alkyl halides is 1. The molecule has 1 N–H and O–H groups in total. The van der Waals surface area contributed by atoms with Crippen molar-refractivity contribution in [2.75, 3.05) is 13.1 Å². The predicted octanol–water partition coefficient (Wildman–Crippen LogP) is 2.82. The standard InChI is InChI=1S/C14H18ClNO2/c1-10-4-6-11(7-5-10)12(15)9-16-8-2-3-13(16)14(17)18/h4-7,12-13H,2-3,8-9H2,1H3,(H,17,18). The highest BCUT2D eigenvalue weighted by molar-refractivity contribution is 6.21. The Labute approximate surface area is 112 Å². The monoisotopic (exact) mass is 267 g/mol. The number of benzene rings is 1. The molecule has 0 aromatic heterocycles. The van der Waals surface area contributed by atoms with E-state index in [2.05, 4.69) is 0 Å². The van der Waals surface area contributed by atoms with Crippen molar-refractivity contribution in [3.05, 3.63) is 35.4 Å². The number of carboxylic acids is 1. The molecule has 1 aromatic rings. The zero-order valence-corrected chi connectivity index (χ0v) is 11.2. The van der Waals surface area contributed by atoms with Gasteiger partial charge in [-0.3, -0.25) is 9.69 Å². The van der Waals surface area contributed by atoms with Crippen LogP contribution in [0.15, 0.2) is 24.3 Å². The maximum Gasteiger partial charge on any atom is 0.320 e. The maximum atomic E-state index is 11.1. The van der Waals surface area contributed by atoms with Crippen LogP contribution in [-0.4, -0.2) is 35.1 Å². The van der Waals surface area contributed by atoms with Crippen molar-refractivity contribution in [3.8, 4) is 0 Å². The van der Waals surface area contributed by atoms with Crippen molar-refractivity contribution in [3.63, 3.8) is 0 Å². The Balaban J connectivity index is 2.00. The molecule has 1 fully saturated rings. The van der Waals surface area contributed by atoms with Gasteiger partial charge in [-0.2, -0.15) is 0 Å². The zero-order valence-electron chi connectivity index (χ0n) is 10.5. The van der Waals surface area contributed by atoms with Gasteiger partial charge in [0.1, 0.15) is 6.04 Å². The fourth-order valence-electron chi connectivity index (χ4n) is 2.41. The third kappa shape index (κ3) is 3.03. The van der Waals surface area contributed by atoms with Crippen molar-refractivity contribution in [2.24, 2.45) is 0 Å².